The zero-order valence-corrected chi connectivity index (χ0v) is 6.67. The predicted molar refractivity (Wildman–Crippen MR) is 40.0 cm³/mol. The van der Waals surface area contributed by atoms with Crippen LogP contribution >= 0.6 is 0 Å². The third-order valence-corrected chi connectivity index (χ3v) is 3.18. The fourth-order valence-corrected chi connectivity index (χ4v) is 2.32. The number of fused-ring (bicyclic) bond motifs is 3. The van der Waals surface area contributed by atoms with Crippen molar-refractivity contribution < 1.29 is 9.59 Å². The Bertz CT molecular complexity index is 220. The normalized spacial score (nSPS) is 43.2. The van der Waals surface area contributed by atoms with Gasteiger partial charge < -0.3 is 0 Å². The molecule has 3 rings (SSSR count). The molecule has 0 aromatic carbocycles. The van der Waals surface area contributed by atoms with Crippen LogP contribution in [0, 0.1) is 17.8 Å². The van der Waals surface area contributed by atoms with Crippen molar-refractivity contribution in [3.63, 3.8) is 0 Å². The van der Waals surface area contributed by atoms with E-state index in [-0.39, 0.29) is 23.4 Å². The lowest BCUT2D eigenvalue weighted by Gasteiger charge is -2.37. The molecule has 3 atom stereocenters. The lowest BCUT2D eigenvalue weighted by atomic mass is 9.64. The molecule has 0 saturated heterocycles. The quantitative estimate of drug-likeness (QED) is 0.488. The molecule has 3 fully saturated rings. The zero-order chi connectivity index (χ0) is 8.01. The van der Waals surface area contributed by atoms with E-state index < -0.39 is 0 Å². The highest BCUT2D eigenvalue weighted by Crippen LogP contribution is 2.40. The summed E-state index contributed by atoms with van der Waals surface area (Å²) in [4.78, 5) is 22.6. The lowest BCUT2D eigenvalue weighted by Crippen LogP contribution is -2.44. The Kier molecular flexibility index (Phi) is 1.38. The van der Waals surface area contributed by atoms with E-state index in [9.17, 15) is 9.59 Å². The van der Waals surface area contributed by atoms with Crippen LogP contribution in [0.3, 0.4) is 0 Å². The Hall–Kier alpha value is -0.660. The molecule has 0 radical (unpaired) electrons. The first-order valence-corrected chi connectivity index (χ1v) is 4.26. The number of hydrogen-bond acceptors (Lipinski definition) is 2. The molecule has 0 aromatic rings. The molecule has 0 unspecified atom stereocenters. The maximum absolute atomic E-state index is 11.4. The topological polar surface area (TPSA) is 34.1 Å². The summed E-state index contributed by atoms with van der Waals surface area (Å²) in [7, 11) is 0. The van der Waals surface area contributed by atoms with Crippen molar-refractivity contribution in [2.45, 2.75) is 26.2 Å². The number of carbonyl (C=O) groups is 2. The Morgan fingerprint density at radius 2 is 2.00 bits per heavy atom. The fourth-order valence-electron chi connectivity index (χ4n) is 2.32. The van der Waals surface area contributed by atoms with Crippen LogP contribution in [-0.2, 0) is 9.59 Å². The fraction of sp³-hybridized carbons (Fsp3) is 0.778. The van der Waals surface area contributed by atoms with E-state index in [0.29, 0.717) is 12.3 Å². The van der Waals surface area contributed by atoms with E-state index in [1.807, 2.05) is 6.92 Å². The monoisotopic (exact) mass is 152 g/mol. The minimum absolute atomic E-state index is 0.159. The van der Waals surface area contributed by atoms with Gasteiger partial charge in [0.2, 0.25) is 0 Å². The first kappa shape index (κ1) is 7.01. The van der Waals surface area contributed by atoms with Gasteiger partial charge in [-0.2, -0.15) is 0 Å². The van der Waals surface area contributed by atoms with Crippen LogP contribution in [0.1, 0.15) is 26.2 Å². The Labute approximate surface area is 66.0 Å². The summed E-state index contributed by atoms with van der Waals surface area (Å²) in [6.07, 6.45) is 2.58. The number of hydrogen-bond donors (Lipinski definition) is 0. The third kappa shape index (κ3) is 0.849. The predicted octanol–water partition coefficient (Wildman–Crippen LogP) is 1.19. The molecule has 60 valence electrons. The van der Waals surface area contributed by atoms with E-state index in [1.54, 1.807) is 0 Å². The maximum atomic E-state index is 11.4. The van der Waals surface area contributed by atoms with E-state index >= 15 is 0 Å². The standard InChI is InChI=1S/C9H12O2/c1-5-6-2-3-7(9(5)11)8(10)4-6/h5-7H,2-4H2,1H3/t5-,6-,7-/m0/s1. The maximum Gasteiger partial charge on any atom is 0.146 e. The Morgan fingerprint density at radius 1 is 1.27 bits per heavy atom. The molecule has 2 nitrogen and oxygen atoms in total. The smallest absolute Gasteiger partial charge is 0.146 e. The summed E-state index contributed by atoms with van der Waals surface area (Å²) in [5.74, 6) is 0.725. The minimum Gasteiger partial charge on any atom is -0.299 e. The van der Waals surface area contributed by atoms with Crippen LogP contribution in [0.15, 0.2) is 0 Å². The SMILES string of the molecule is C[C@@H]1C(=O)[C@H]2CC[C@H]1CC2=O. The first-order valence-electron chi connectivity index (χ1n) is 4.26. The molecule has 3 saturated carbocycles. The zero-order valence-electron chi connectivity index (χ0n) is 6.67. The minimum atomic E-state index is -0.213. The molecule has 0 aliphatic heterocycles. The van der Waals surface area contributed by atoms with Gasteiger partial charge in [-0.3, -0.25) is 9.59 Å². The summed E-state index contributed by atoms with van der Waals surface area (Å²) in [6.45, 7) is 1.96. The van der Waals surface area contributed by atoms with Crippen molar-refractivity contribution >= 4 is 11.6 Å². The summed E-state index contributed by atoms with van der Waals surface area (Å²) in [6, 6.07) is 0. The van der Waals surface area contributed by atoms with Crippen LogP contribution in [0.4, 0.5) is 0 Å². The third-order valence-electron chi connectivity index (χ3n) is 3.18. The summed E-state index contributed by atoms with van der Waals surface area (Å²) in [5, 5.41) is 0. The van der Waals surface area contributed by atoms with Gasteiger partial charge in [0.1, 0.15) is 11.6 Å². The van der Waals surface area contributed by atoms with E-state index in [2.05, 4.69) is 0 Å². The molecular formula is C9H12O2. The summed E-state index contributed by atoms with van der Waals surface area (Å²) >= 11 is 0. The first-order chi connectivity index (χ1) is 5.20. The number of ketones is 2. The highest BCUT2D eigenvalue weighted by Gasteiger charge is 2.44. The lowest BCUT2D eigenvalue weighted by molar-refractivity contribution is -0.145. The molecule has 2 bridgehead atoms. The van der Waals surface area contributed by atoms with E-state index in [0.717, 1.165) is 12.8 Å². The van der Waals surface area contributed by atoms with Gasteiger partial charge >= 0.3 is 0 Å². The molecule has 0 N–H and O–H groups in total. The largest absolute Gasteiger partial charge is 0.299 e. The van der Waals surface area contributed by atoms with Gasteiger partial charge in [0, 0.05) is 12.3 Å². The average molecular weight is 152 g/mol. The van der Waals surface area contributed by atoms with Crippen molar-refractivity contribution in [3.05, 3.63) is 0 Å². The van der Waals surface area contributed by atoms with Crippen molar-refractivity contribution in [2.24, 2.45) is 17.8 Å². The number of Topliss-reactive ketones (excluding diaryl/α,β-unsaturated/α-hetero) is 2. The second-order valence-electron chi connectivity index (χ2n) is 3.75. The molecule has 0 aromatic heterocycles. The second-order valence-corrected chi connectivity index (χ2v) is 3.75. The van der Waals surface area contributed by atoms with Crippen LogP contribution in [0.25, 0.3) is 0 Å². The van der Waals surface area contributed by atoms with Crippen LogP contribution in [-0.4, -0.2) is 11.6 Å². The van der Waals surface area contributed by atoms with Gasteiger partial charge in [0.25, 0.3) is 0 Å². The second kappa shape index (κ2) is 2.16. The van der Waals surface area contributed by atoms with Crippen molar-refractivity contribution in [2.75, 3.05) is 0 Å². The molecule has 11 heavy (non-hydrogen) atoms. The molecule has 3 aliphatic rings. The molecule has 0 heterocycles. The van der Waals surface area contributed by atoms with Crippen molar-refractivity contribution in [3.8, 4) is 0 Å². The van der Waals surface area contributed by atoms with Crippen LogP contribution in [0.5, 0.6) is 0 Å². The Morgan fingerprint density at radius 3 is 2.45 bits per heavy atom. The van der Waals surface area contributed by atoms with Gasteiger partial charge in [-0.1, -0.05) is 6.92 Å². The van der Waals surface area contributed by atoms with E-state index in [1.165, 1.54) is 0 Å². The number of rotatable bonds is 0. The molecular weight excluding hydrogens is 140 g/mol. The van der Waals surface area contributed by atoms with Gasteiger partial charge in [0.15, 0.2) is 0 Å². The molecule has 2 heteroatoms. The van der Waals surface area contributed by atoms with E-state index in [4.69, 9.17) is 0 Å². The van der Waals surface area contributed by atoms with Crippen molar-refractivity contribution in [1.29, 1.82) is 0 Å². The molecule has 0 spiro atoms. The van der Waals surface area contributed by atoms with Crippen molar-refractivity contribution in [1.82, 2.24) is 0 Å². The van der Waals surface area contributed by atoms with Gasteiger partial charge in [-0.15, -0.1) is 0 Å². The highest BCUT2D eigenvalue weighted by molar-refractivity contribution is 6.06. The van der Waals surface area contributed by atoms with Gasteiger partial charge in [0.05, 0.1) is 5.92 Å². The molecule has 0 amide bonds. The van der Waals surface area contributed by atoms with Gasteiger partial charge in [-0.25, -0.2) is 0 Å². The van der Waals surface area contributed by atoms with Gasteiger partial charge in [-0.05, 0) is 18.8 Å². The summed E-state index contributed by atoms with van der Waals surface area (Å²) < 4.78 is 0. The Balaban J connectivity index is 2.30. The number of carbonyl (C=O) groups excluding carboxylic acids is 2. The highest BCUT2D eigenvalue weighted by atomic mass is 16.2. The van der Waals surface area contributed by atoms with Crippen LogP contribution < -0.4 is 0 Å². The molecule has 3 aliphatic carbocycles. The average Bonchev–Trinajstić information content (AvgIpc) is 1.99. The van der Waals surface area contributed by atoms with Crippen LogP contribution in [0.2, 0.25) is 0 Å². The summed E-state index contributed by atoms with van der Waals surface area (Å²) in [5.41, 5.74) is 0.